The van der Waals surface area contributed by atoms with Crippen molar-refractivity contribution < 1.29 is 4.79 Å². The Bertz CT molecular complexity index is 754. The summed E-state index contributed by atoms with van der Waals surface area (Å²) in [6, 6.07) is 7.04. The molecule has 2 heterocycles. The molecule has 0 saturated carbocycles. The maximum absolute atomic E-state index is 12.7. The molecule has 0 spiro atoms. The van der Waals surface area contributed by atoms with Crippen LogP contribution in [0.3, 0.4) is 0 Å². The summed E-state index contributed by atoms with van der Waals surface area (Å²) in [5, 5.41) is 0.754. The molecule has 2 aromatic rings. The summed E-state index contributed by atoms with van der Waals surface area (Å²) in [6.07, 6.45) is 1.60. The summed E-state index contributed by atoms with van der Waals surface area (Å²) in [5.41, 5.74) is 6.73. The molecule has 0 atom stereocenters. The highest BCUT2D eigenvalue weighted by Crippen LogP contribution is 2.22. The number of fused-ring (bicyclic) bond motifs is 1. The number of aromatic nitrogens is 1. The zero-order valence-corrected chi connectivity index (χ0v) is 14.2. The van der Waals surface area contributed by atoms with E-state index in [1.165, 1.54) is 6.07 Å². The third-order valence-corrected chi connectivity index (χ3v) is 4.36. The molecule has 118 valence electrons. The second kappa shape index (κ2) is 6.81. The number of pyridine rings is 1. The van der Waals surface area contributed by atoms with Crippen LogP contribution in [0.15, 0.2) is 33.5 Å². The van der Waals surface area contributed by atoms with Crippen LogP contribution in [0.2, 0.25) is 0 Å². The van der Waals surface area contributed by atoms with E-state index in [1.54, 1.807) is 11.0 Å². The third-order valence-electron chi connectivity index (χ3n) is 3.86. The molecule has 0 radical (unpaired) electrons. The first kappa shape index (κ1) is 17.0. The molecule has 5 nitrogen and oxygen atoms in total. The second-order valence-electron chi connectivity index (χ2n) is 5.37. The van der Waals surface area contributed by atoms with E-state index in [0.29, 0.717) is 24.2 Å². The van der Waals surface area contributed by atoms with Crippen LogP contribution in [0.5, 0.6) is 0 Å². The smallest absolute Gasteiger partial charge is 0.254 e. The van der Waals surface area contributed by atoms with Crippen molar-refractivity contribution in [1.29, 1.82) is 0 Å². The fourth-order valence-corrected chi connectivity index (χ4v) is 3.04. The van der Waals surface area contributed by atoms with Crippen molar-refractivity contribution in [1.82, 2.24) is 9.88 Å². The van der Waals surface area contributed by atoms with Gasteiger partial charge in [-0.25, -0.2) is 0 Å². The fourth-order valence-electron chi connectivity index (χ4n) is 2.68. The van der Waals surface area contributed by atoms with Gasteiger partial charge < -0.3 is 15.6 Å². The third kappa shape index (κ3) is 3.34. The van der Waals surface area contributed by atoms with Crippen LogP contribution < -0.4 is 11.3 Å². The first-order valence-electron chi connectivity index (χ1n) is 6.92. The van der Waals surface area contributed by atoms with Crippen molar-refractivity contribution in [3.63, 3.8) is 0 Å². The number of rotatable bonds is 1. The van der Waals surface area contributed by atoms with Gasteiger partial charge in [0.25, 0.3) is 5.91 Å². The number of halogens is 2. The molecule has 1 aromatic carbocycles. The molecular weight excluding hydrogens is 370 g/mol. The minimum absolute atomic E-state index is 0. The highest BCUT2D eigenvalue weighted by molar-refractivity contribution is 9.10. The van der Waals surface area contributed by atoms with Crippen LogP contribution in [-0.4, -0.2) is 34.9 Å². The SMILES string of the molecule is Cl.NC1CCN(C(=O)c2cc(=O)[nH]c3ccc(Br)cc23)CC1. The number of likely N-dealkylation sites (tertiary alicyclic amines) is 1. The number of aromatic amines is 1. The number of amides is 1. The van der Waals surface area contributed by atoms with Gasteiger partial charge in [0.1, 0.15) is 0 Å². The highest BCUT2D eigenvalue weighted by atomic mass is 79.9. The lowest BCUT2D eigenvalue weighted by Gasteiger charge is -2.30. The van der Waals surface area contributed by atoms with Crippen LogP contribution in [0.1, 0.15) is 23.2 Å². The molecule has 1 aliphatic heterocycles. The topological polar surface area (TPSA) is 79.2 Å². The Morgan fingerprint density at radius 1 is 1.27 bits per heavy atom. The number of H-pyrrole nitrogens is 1. The van der Waals surface area contributed by atoms with E-state index in [9.17, 15) is 9.59 Å². The largest absolute Gasteiger partial charge is 0.339 e. The Morgan fingerprint density at radius 2 is 1.95 bits per heavy atom. The number of nitrogens with two attached hydrogens (primary N) is 1. The molecule has 3 rings (SSSR count). The Morgan fingerprint density at radius 3 is 2.64 bits per heavy atom. The van der Waals surface area contributed by atoms with Crippen molar-refractivity contribution in [3.05, 3.63) is 44.7 Å². The van der Waals surface area contributed by atoms with E-state index in [4.69, 9.17) is 5.73 Å². The maximum atomic E-state index is 12.7. The minimum atomic E-state index is -0.262. The summed E-state index contributed by atoms with van der Waals surface area (Å²) in [7, 11) is 0. The van der Waals surface area contributed by atoms with Gasteiger partial charge in [-0.1, -0.05) is 15.9 Å². The first-order valence-corrected chi connectivity index (χ1v) is 7.71. The predicted molar refractivity (Wildman–Crippen MR) is 92.6 cm³/mol. The van der Waals surface area contributed by atoms with Crippen molar-refractivity contribution in [2.45, 2.75) is 18.9 Å². The number of carbonyl (C=O) groups excluding carboxylic acids is 1. The van der Waals surface area contributed by atoms with Crippen molar-refractivity contribution in [2.24, 2.45) is 5.73 Å². The minimum Gasteiger partial charge on any atom is -0.339 e. The Balaban J connectivity index is 0.00000176. The lowest BCUT2D eigenvalue weighted by Crippen LogP contribution is -2.43. The summed E-state index contributed by atoms with van der Waals surface area (Å²) in [6.45, 7) is 1.28. The molecule has 1 aromatic heterocycles. The number of carbonyl (C=O) groups is 1. The highest BCUT2D eigenvalue weighted by Gasteiger charge is 2.23. The number of nitrogens with zero attached hydrogens (tertiary/aromatic N) is 1. The molecule has 1 amide bonds. The van der Waals surface area contributed by atoms with Crippen LogP contribution >= 0.6 is 28.3 Å². The summed E-state index contributed by atoms with van der Waals surface area (Å²) in [4.78, 5) is 29.0. The van der Waals surface area contributed by atoms with E-state index in [2.05, 4.69) is 20.9 Å². The zero-order chi connectivity index (χ0) is 15.0. The average Bonchev–Trinajstić information content (AvgIpc) is 2.47. The molecule has 7 heteroatoms. The Hall–Kier alpha value is -1.37. The summed E-state index contributed by atoms with van der Waals surface area (Å²) in [5.74, 6) is -0.101. The Kier molecular flexibility index (Phi) is 5.26. The van der Waals surface area contributed by atoms with Gasteiger partial charge >= 0.3 is 0 Å². The van der Waals surface area contributed by atoms with Gasteiger partial charge in [0.2, 0.25) is 5.56 Å². The molecule has 3 N–H and O–H groups in total. The van der Waals surface area contributed by atoms with E-state index in [1.807, 2.05) is 12.1 Å². The van der Waals surface area contributed by atoms with Gasteiger partial charge in [0.15, 0.2) is 0 Å². The first-order chi connectivity index (χ1) is 10.0. The van der Waals surface area contributed by atoms with Crippen LogP contribution in [0, 0.1) is 0 Å². The van der Waals surface area contributed by atoms with Gasteiger partial charge in [0.05, 0.1) is 5.56 Å². The van der Waals surface area contributed by atoms with Crippen molar-refractivity contribution in [3.8, 4) is 0 Å². The van der Waals surface area contributed by atoms with Gasteiger partial charge in [-0.05, 0) is 31.0 Å². The van der Waals surface area contributed by atoms with Gasteiger partial charge in [0, 0.05) is 40.6 Å². The fraction of sp³-hybridized carbons (Fsp3) is 0.333. The van der Waals surface area contributed by atoms with E-state index < -0.39 is 0 Å². The number of hydrogen-bond acceptors (Lipinski definition) is 3. The molecule has 1 aliphatic rings. The number of hydrogen-bond donors (Lipinski definition) is 2. The standard InChI is InChI=1S/C15H16BrN3O2.ClH/c16-9-1-2-13-11(7-9)12(8-14(20)18-13)15(21)19-5-3-10(17)4-6-19;/h1-2,7-8,10H,3-6,17H2,(H,18,20);1H. The van der Waals surface area contributed by atoms with Crippen LogP contribution in [-0.2, 0) is 0 Å². The van der Waals surface area contributed by atoms with E-state index in [0.717, 1.165) is 22.7 Å². The maximum Gasteiger partial charge on any atom is 0.254 e. The normalized spacial score (nSPS) is 15.6. The van der Waals surface area contributed by atoms with Gasteiger partial charge in [-0.3, -0.25) is 9.59 Å². The lowest BCUT2D eigenvalue weighted by molar-refractivity contribution is 0.0716. The van der Waals surface area contributed by atoms with Crippen LogP contribution in [0.4, 0.5) is 0 Å². The lowest BCUT2D eigenvalue weighted by atomic mass is 10.0. The van der Waals surface area contributed by atoms with Gasteiger partial charge in [-0.2, -0.15) is 0 Å². The molecule has 1 saturated heterocycles. The van der Waals surface area contributed by atoms with E-state index in [-0.39, 0.29) is 29.9 Å². The molecular formula is C15H17BrClN3O2. The molecule has 0 bridgehead atoms. The van der Waals surface area contributed by atoms with E-state index >= 15 is 0 Å². The summed E-state index contributed by atoms with van der Waals surface area (Å²) >= 11 is 3.40. The average molecular weight is 387 g/mol. The molecule has 0 unspecified atom stereocenters. The van der Waals surface area contributed by atoms with Crippen molar-refractivity contribution >= 4 is 45.1 Å². The Labute approximate surface area is 142 Å². The zero-order valence-electron chi connectivity index (χ0n) is 11.8. The quantitative estimate of drug-likeness (QED) is 0.789. The van der Waals surface area contributed by atoms with Crippen LogP contribution in [0.25, 0.3) is 10.9 Å². The van der Waals surface area contributed by atoms with Gasteiger partial charge in [-0.15, -0.1) is 12.4 Å². The number of piperidine rings is 1. The molecule has 22 heavy (non-hydrogen) atoms. The summed E-state index contributed by atoms with van der Waals surface area (Å²) < 4.78 is 0.872. The monoisotopic (exact) mass is 385 g/mol. The molecule has 1 fully saturated rings. The molecule has 0 aliphatic carbocycles. The second-order valence-corrected chi connectivity index (χ2v) is 6.28. The van der Waals surface area contributed by atoms with Crippen molar-refractivity contribution in [2.75, 3.05) is 13.1 Å². The predicted octanol–water partition coefficient (Wildman–Crippen LogP) is 2.28. The number of nitrogens with one attached hydrogen (secondary N) is 1. The number of benzene rings is 1.